The number of carbonyl (C=O) groups is 3. The highest BCUT2D eigenvalue weighted by molar-refractivity contribution is 5.93. The summed E-state index contributed by atoms with van der Waals surface area (Å²) in [6.45, 7) is 4.57. The number of carboxylic acids is 1. The highest BCUT2D eigenvalue weighted by Crippen LogP contribution is 2.20. The maximum Gasteiger partial charge on any atom is 0.415 e. The van der Waals surface area contributed by atoms with E-state index in [9.17, 15) is 14.4 Å². The molecule has 0 aliphatic rings. The molecule has 8 nitrogen and oxygen atoms in total. The van der Waals surface area contributed by atoms with E-state index in [0.717, 1.165) is 4.90 Å². The smallest absolute Gasteiger partial charge is 0.415 e. The summed E-state index contributed by atoms with van der Waals surface area (Å²) in [6, 6.07) is 6.37. The average Bonchev–Trinajstić information content (AvgIpc) is 2.49. The molecule has 1 aromatic rings. The second kappa shape index (κ2) is 8.19. The van der Waals surface area contributed by atoms with Crippen LogP contribution in [0.3, 0.4) is 0 Å². The molecule has 0 aromatic heterocycles. The van der Waals surface area contributed by atoms with Crippen molar-refractivity contribution in [3.05, 3.63) is 24.3 Å². The second-order valence-electron chi connectivity index (χ2n) is 5.94. The van der Waals surface area contributed by atoms with E-state index >= 15 is 0 Å². The average molecular weight is 338 g/mol. The molecule has 1 rings (SSSR count). The summed E-state index contributed by atoms with van der Waals surface area (Å²) < 4.78 is 9.75. The van der Waals surface area contributed by atoms with Crippen molar-refractivity contribution in [2.24, 2.45) is 0 Å². The van der Waals surface area contributed by atoms with Gasteiger partial charge in [0.2, 0.25) is 0 Å². The summed E-state index contributed by atoms with van der Waals surface area (Å²) in [5.74, 6) is -1.57. The topological polar surface area (TPSA) is 105 Å². The molecule has 8 heteroatoms. The second-order valence-corrected chi connectivity index (χ2v) is 5.94. The van der Waals surface area contributed by atoms with E-state index in [1.807, 2.05) is 0 Å². The van der Waals surface area contributed by atoms with Crippen LogP contribution in [-0.2, 0) is 19.1 Å². The third-order valence-electron chi connectivity index (χ3n) is 2.75. The number of nitrogens with one attached hydrogen (secondary N) is 1. The molecule has 0 unspecified atom stereocenters. The van der Waals surface area contributed by atoms with Gasteiger partial charge in [-0.2, -0.15) is 0 Å². The number of hydrogen-bond donors (Lipinski definition) is 2. The molecule has 0 bridgehead atoms. The van der Waals surface area contributed by atoms with Crippen LogP contribution in [0.25, 0.3) is 0 Å². The zero-order valence-corrected chi connectivity index (χ0v) is 14.2. The molecule has 0 spiro atoms. The molecule has 0 heterocycles. The molecule has 132 valence electrons. The van der Waals surface area contributed by atoms with E-state index in [1.165, 1.54) is 7.11 Å². The van der Waals surface area contributed by atoms with Crippen molar-refractivity contribution in [1.82, 2.24) is 0 Å². The first-order valence-electron chi connectivity index (χ1n) is 7.25. The van der Waals surface area contributed by atoms with Gasteiger partial charge < -0.3 is 19.9 Å². The van der Waals surface area contributed by atoms with Gasteiger partial charge in [-0.15, -0.1) is 0 Å². The van der Waals surface area contributed by atoms with Crippen molar-refractivity contribution in [2.75, 3.05) is 30.4 Å². The Morgan fingerprint density at radius 2 is 1.75 bits per heavy atom. The van der Waals surface area contributed by atoms with Crippen molar-refractivity contribution in [3.8, 4) is 0 Å². The number of hydrogen-bond acceptors (Lipinski definition) is 6. The highest BCUT2D eigenvalue weighted by Gasteiger charge is 2.25. The van der Waals surface area contributed by atoms with Gasteiger partial charge in [0.1, 0.15) is 18.7 Å². The van der Waals surface area contributed by atoms with E-state index in [4.69, 9.17) is 9.84 Å². The monoisotopic (exact) mass is 338 g/mol. The first kappa shape index (κ1) is 19.3. The largest absolute Gasteiger partial charge is 0.480 e. The summed E-state index contributed by atoms with van der Waals surface area (Å²) in [4.78, 5) is 35.3. The fourth-order valence-corrected chi connectivity index (χ4v) is 1.72. The van der Waals surface area contributed by atoms with Crippen LogP contribution in [0.15, 0.2) is 24.3 Å². The number of amides is 1. The molecule has 1 aromatic carbocycles. The number of anilines is 2. The maximum absolute atomic E-state index is 12.2. The van der Waals surface area contributed by atoms with Crippen LogP contribution in [0.2, 0.25) is 0 Å². The lowest BCUT2D eigenvalue weighted by molar-refractivity contribution is -0.138. The summed E-state index contributed by atoms with van der Waals surface area (Å²) in [7, 11) is 1.29. The van der Waals surface area contributed by atoms with Gasteiger partial charge in [0, 0.05) is 11.4 Å². The number of ether oxygens (including phenoxy) is 2. The first-order chi connectivity index (χ1) is 11.1. The Labute approximate surface area is 140 Å². The van der Waals surface area contributed by atoms with Gasteiger partial charge >= 0.3 is 18.0 Å². The molecular weight excluding hydrogens is 316 g/mol. The quantitative estimate of drug-likeness (QED) is 0.765. The Kier molecular flexibility index (Phi) is 6.58. The zero-order valence-electron chi connectivity index (χ0n) is 14.2. The number of esters is 1. The Morgan fingerprint density at radius 3 is 2.21 bits per heavy atom. The molecule has 24 heavy (non-hydrogen) atoms. The van der Waals surface area contributed by atoms with Crippen LogP contribution < -0.4 is 10.2 Å². The SMILES string of the molecule is COC(=O)CNc1ccc(N(CC(=O)O)C(=O)OC(C)(C)C)cc1. The van der Waals surface area contributed by atoms with Crippen molar-refractivity contribution in [1.29, 1.82) is 0 Å². The Bertz CT molecular complexity index is 592. The zero-order chi connectivity index (χ0) is 18.3. The summed E-state index contributed by atoms with van der Waals surface area (Å²) in [5.41, 5.74) is 0.259. The Balaban J connectivity index is 2.88. The van der Waals surface area contributed by atoms with Gasteiger partial charge in [0.25, 0.3) is 0 Å². The number of methoxy groups -OCH3 is 1. The molecule has 0 aliphatic carbocycles. The standard InChI is InChI=1S/C16H22N2O6/c1-16(2,3)24-15(22)18(10-13(19)20)12-7-5-11(6-8-12)17-9-14(21)23-4/h5-8,17H,9-10H2,1-4H3,(H,19,20). The lowest BCUT2D eigenvalue weighted by Crippen LogP contribution is -2.40. The molecule has 1 amide bonds. The molecule has 0 fully saturated rings. The number of rotatable bonds is 6. The van der Waals surface area contributed by atoms with E-state index < -0.39 is 30.2 Å². The van der Waals surface area contributed by atoms with Gasteiger partial charge in [0.05, 0.1) is 7.11 Å². The van der Waals surface area contributed by atoms with E-state index in [-0.39, 0.29) is 6.54 Å². The lowest BCUT2D eigenvalue weighted by atomic mass is 10.2. The number of carboxylic acid groups (broad SMARTS) is 1. The Morgan fingerprint density at radius 1 is 1.17 bits per heavy atom. The summed E-state index contributed by atoms with van der Waals surface area (Å²) in [6.07, 6.45) is -0.750. The predicted molar refractivity (Wildman–Crippen MR) is 88.2 cm³/mol. The molecule has 0 atom stereocenters. The van der Waals surface area contributed by atoms with Gasteiger partial charge in [-0.1, -0.05) is 0 Å². The third kappa shape index (κ3) is 6.55. The molecule has 0 radical (unpaired) electrons. The van der Waals surface area contributed by atoms with Crippen LogP contribution in [0.1, 0.15) is 20.8 Å². The van der Waals surface area contributed by atoms with Crippen LogP contribution in [0, 0.1) is 0 Å². The van der Waals surface area contributed by atoms with E-state index in [0.29, 0.717) is 11.4 Å². The number of carbonyl (C=O) groups excluding carboxylic acids is 2. The van der Waals surface area contributed by atoms with Crippen molar-refractivity contribution in [2.45, 2.75) is 26.4 Å². The van der Waals surface area contributed by atoms with Crippen LogP contribution >= 0.6 is 0 Å². The minimum Gasteiger partial charge on any atom is -0.480 e. The molecule has 0 saturated carbocycles. The summed E-state index contributed by atoms with van der Waals surface area (Å²) in [5, 5.41) is 11.9. The van der Waals surface area contributed by atoms with Crippen molar-refractivity contribution in [3.63, 3.8) is 0 Å². The Hall–Kier alpha value is -2.77. The molecule has 2 N–H and O–H groups in total. The predicted octanol–water partition coefficient (Wildman–Crippen LogP) is 2.10. The minimum absolute atomic E-state index is 0.000747. The van der Waals surface area contributed by atoms with Crippen molar-refractivity contribution >= 4 is 29.4 Å². The van der Waals surface area contributed by atoms with Gasteiger partial charge in [-0.3, -0.25) is 14.5 Å². The lowest BCUT2D eigenvalue weighted by Gasteiger charge is -2.26. The number of benzene rings is 1. The maximum atomic E-state index is 12.2. The summed E-state index contributed by atoms with van der Waals surface area (Å²) >= 11 is 0. The van der Waals surface area contributed by atoms with Crippen LogP contribution in [0.5, 0.6) is 0 Å². The van der Waals surface area contributed by atoms with Gasteiger partial charge in [0.15, 0.2) is 0 Å². The molecule has 0 saturated heterocycles. The minimum atomic E-state index is -1.16. The van der Waals surface area contributed by atoms with Crippen LogP contribution in [0.4, 0.5) is 16.2 Å². The van der Waals surface area contributed by atoms with Gasteiger partial charge in [-0.25, -0.2) is 4.79 Å². The van der Waals surface area contributed by atoms with Crippen molar-refractivity contribution < 1.29 is 29.0 Å². The fourth-order valence-electron chi connectivity index (χ4n) is 1.72. The fraction of sp³-hybridized carbons (Fsp3) is 0.438. The number of nitrogens with zero attached hydrogens (tertiary/aromatic N) is 1. The third-order valence-corrected chi connectivity index (χ3v) is 2.75. The van der Waals surface area contributed by atoms with Gasteiger partial charge in [-0.05, 0) is 45.0 Å². The first-order valence-corrected chi connectivity index (χ1v) is 7.25. The highest BCUT2D eigenvalue weighted by atomic mass is 16.6. The van der Waals surface area contributed by atoms with E-state index in [1.54, 1.807) is 45.0 Å². The van der Waals surface area contributed by atoms with Crippen LogP contribution in [-0.4, -0.2) is 48.9 Å². The molecular formula is C16H22N2O6. The van der Waals surface area contributed by atoms with E-state index in [2.05, 4.69) is 10.1 Å². The normalized spacial score (nSPS) is 10.7. The number of aliphatic carboxylic acids is 1. The molecule has 0 aliphatic heterocycles.